The number of Topliss-reactive ketones (excluding diaryl/α,β-unsaturated/α-hetero) is 2. The summed E-state index contributed by atoms with van der Waals surface area (Å²) in [7, 11) is 0. The van der Waals surface area contributed by atoms with Crippen LogP contribution in [0, 0.1) is 19.8 Å². The summed E-state index contributed by atoms with van der Waals surface area (Å²) in [6.07, 6.45) is 0. The van der Waals surface area contributed by atoms with E-state index in [1.807, 2.05) is 79.7 Å². The van der Waals surface area contributed by atoms with Gasteiger partial charge in [-0.25, -0.2) is 0 Å². The van der Waals surface area contributed by atoms with Crippen LogP contribution in [-0.2, 0) is 15.0 Å². The van der Waals surface area contributed by atoms with Gasteiger partial charge in [0.15, 0.2) is 11.6 Å². The van der Waals surface area contributed by atoms with E-state index in [1.165, 1.54) is 0 Å². The van der Waals surface area contributed by atoms with Gasteiger partial charge in [-0.3, -0.25) is 9.59 Å². The molecule has 0 radical (unpaired) electrons. The monoisotopic (exact) mass is 407 g/mol. The lowest BCUT2D eigenvalue weighted by Crippen LogP contribution is -2.62. The summed E-state index contributed by atoms with van der Waals surface area (Å²) < 4.78 is 0. The average Bonchev–Trinajstić information content (AvgIpc) is 3.13. The quantitative estimate of drug-likeness (QED) is 0.445. The van der Waals surface area contributed by atoms with Gasteiger partial charge >= 0.3 is 0 Å². The van der Waals surface area contributed by atoms with Crippen LogP contribution in [0.5, 0.6) is 0 Å². The molecule has 1 aliphatic rings. The van der Waals surface area contributed by atoms with E-state index < -0.39 is 11.3 Å². The Balaban J connectivity index is 1.63. The van der Waals surface area contributed by atoms with Crippen LogP contribution >= 0.6 is 0 Å². The molecule has 3 heteroatoms. The van der Waals surface area contributed by atoms with Crippen molar-refractivity contribution in [1.82, 2.24) is 4.98 Å². The fourth-order valence-corrected chi connectivity index (χ4v) is 5.06. The number of aromatic amines is 1. The van der Waals surface area contributed by atoms with Crippen molar-refractivity contribution in [2.24, 2.45) is 5.92 Å². The number of aryl methyl sites for hydroxylation is 2. The Bertz CT molecular complexity index is 1280. The van der Waals surface area contributed by atoms with Crippen LogP contribution in [0.15, 0.2) is 78.9 Å². The second-order valence-corrected chi connectivity index (χ2v) is 8.79. The van der Waals surface area contributed by atoms with E-state index in [9.17, 15) is 9.59 Å². The first-order valence-corrected chi connectivity index (χ1v) is 10.7. The van der Waals surface area contributed by atoms with Gasteiger partial charge in [0.05, 0.1) is 5.92 Å². The van der Waals surface area contributed by atoms with Gasteiger partial charge in [0.2, 0.25) is 0 Å². The van der Waals surface area contributed by atoms with Crippen molar-refractivity contribution in [2.75, 3.05) is 0 Å². The number of benzene rings is 3. The standard InChI is InChI=1S/C28H25NO2/c1-17-13-15-20(16-14-17)28(3)26(30)24(27(28)31)23(19-9-5-4-6-10-19)25-18(2)21-11-7-8-12-22(21)29-25/h4-16,23-24,29H,1-3H3. The zero-order chi connectivity index (χ0) is 21.8. The minimum Gasteiger partial charge on any atom is -0.358 e. The van der Waals surface area contributed by atoms with E-state index in [1.54, 1.807) is 6.92 Å². The van der Waals surface area contributed by atoms with E-state index in [4.69, 9.17) is 0 Å². The molecule has 1 atom stereocenters. The maximum atomic E-state index is 13.7. The maximum absolute atomic E-state index is 13.7. The first-order chi connectivity index (χ1) is 14.9. The highest BCUT2D eigenvalue weighted by atomic mass is 16.2. The third-order valence-electron chi connectivity index (χ3n) is 6.99. The van der Waals surface area contributed by atoms with Crippen molar-refractivity contribution in [2.45, 2.75) is 32.1 Å². The summed E-state index contributed by atoms with van der Waals surface area (Å²) in [6, 6.07) is 25.8. The van der Waals surface area contributed by atoms with Gasteiger partial charge in [0.1, 0.15) is 5.41 Å². The minimum atomic E-state index is -1.08. The number of nitrogens with one attached hydrogen (secondary N) is 1. The Morgan fingerprint density at radius 3 is 2.06 bits per heavy atom. The lowest BCUT2D eigenvalue weighted by molar-refractivity contribution is -0.153. The molecular weight excluding hydrogens is 382 g/mol. The SMILES string of the molecule is Cc1ccc(C2(C)C(=O)C(C(c3ccccc3)c3[nH]c4ccccc4c3C)C2=O)cc1. The predicted molar refractivity (Wildman–Crippen MR) is 123 cm³/mol. The molecule has 0 amide bonds. The number of para-hydroxylation sites is 1. The molecule has 5 rings (SSSR count). The number of hydrogen-bond donors (Lipinski definition) is 1. The molecule has 0 bridgehead atoms. The summed E-state index contributed by atoms with van der Waals surface area (Å²) in [5.41, 5.74) is 4.86. The number of ketones is 2. The maximum Gasteiger partial charge on any atom is 0.162 e. The summed E-state index contributed by atoms with van der Waals surface area (Å²) in [6.45, 7) is 5.85. The molecule has 1 saturated carbocycles. The third kappa shape index (κ3) is 2.80. The molecule has 0 spiro atoms. The van der Waals surface area contributed by atoms with Crippen molar-refractivity contribution < 1.29 is 9.59 Å². The van der Waals surface area contributed by atoms with Crippen molar-refractivity contribution in [3.8, 4) is 0 Å². The summed E-state index contributed by atoms with van der Waals surface area (Å²) in [4.78, 5) is 30.8. The Labute approximate surface area is 182 Å². The number of carbonyl (C=O) groups excluding carboxylic acids is 2. The van der Waals surface area contributed by atoms with Gasteiger partial charge in [-0.2, -0.15) is 0 Å². The zero-order valence-electron chi connectivity index (χ0n) is 18.0. The molecule has 1 fully saturated rings. The van der Waals surface area contributed by atoms with Gasteiger partial charge in [0.25, 0.3) is 0 Å². The lowest BCUT2D eigenvalue weighted by atomic mass is 9.53. The molecule has 1 N–H and O–H groups in total. The molecule has 31 heavy (non-hydrogen) atoms. The van der Waals surface area contributed by atoms with Crippen LogP contribution in [0.1, 0.15) is 40.8 Å². The zero-order valence-corrected chi connectivity index (χ0v) is 18.0. The van der Waals surface area contributed by atoms with Crippen molar-refractivity contribution in [1.29, 1.82) is 0 Å². The van der Waals surface area contributed by atoms with E-state index in [-0.39, 0.29) is 17.5 Å². The topological polar surface area (TPSA) is 49.9 Å². The number of rotatable bonds is 4. The molecule has 3 aromatic carbocycles. The normalized spacial score (nSPS) is 21.8. The fourth-order valence-electron chi connectivity index (χ4n) is 5.06. The highest BCUT2D eigenvalue weighted by Crippen LogP contribution is 2.50. The van der Waals surface area contributed by atoms with Crippen molar-refractivity contribution in [3.05, 3.63) is 107 Å². The Hall–Kier alpha value is -3.46. The molecule has 4 aromatic rings. The molecule has 1 unspecified atom stereocenters. The number of aromatic nitrogens is 1. The van der Waals surface area contributed by atoms with Crippen LogP contribution in [0.2, 0.25) is 0 Å². The summed E-state index contributed by atoms with van der Waals surface area (Å²) >= 11 is 0. The minimum absolute atomic E-state index is 0.00624. The van der Waals surface area contributed by atoms with Crippen molar-refractivity contribution in [3.63, 3.8) is 0 Å². The van der Waals surface area contributed by atoms with Crippen LogP contribution in [-0.4, -0.2) is 16.6 Å². The molecule has 0 saturated heterocycles. The van der Waals surface area contributed by atoms with Gasteiger partial charge in [0, 0.05) is 22.5 Å². The number of H-pyrrole nitrogens is 1. The Morgan fingerprint density at radius 2 is 1.42 bits per heavy atom. The number of hydrogen-bond acceptors (Lipinski definition) is 2. The smallest absolute Gasteiger partial charge is 0.162 e. The first-order valence-electron chi connectivity index (χ1n) is 10.7. The van der Waals surface area contributed by atoms with Crippen LogP contribution in [0.25, 0.3) is 10.9 Å². The second kappa shape index (κ2) is 7.05. The Morgan fingerprint density at radius 1 is 0.806 bits per heavy atom. The van der Waals surface area contributed by atoms with Crippen molar-refractivity contribution >= 4 is 22.5 Å². The van der Waals surface area contributed by atoms with Crippen LogP contribution in [0.4, 0.5) is 0 Å². The van der Waals surface area contributed by atoms with Crippen LogP contribution < -0.4 is 0 Å². The molecule has 1 aliphatic carbocycles. The highest BCUT2D eigenvalue weighted by molar-refractivity contribution is 6.32. The summed E-state index contributed by atoms with van der Waals surface area (Å²) in [5, 5.41) is 1.12. The fraction of sp³-hybridized carbons (Fsp3) is 0.214. The largest absolute Gasteiger partial charge is 0.358 e. The highest BCUT2D eigenvalue weighted by Gasteiger charge is 2.62. The van der Waals surface area contributed by atoms with Gasteiger partial charge in [-0.1, -0.05) is 78.4 Å². The molecule has 0 aliphatic heterocycles. The van der Waals surface area contributed by atoms with E-state index in [2.05, 4.69) is 18.0 Å². The van der Waals surface area contributed by atoms with E-state index in [0.29, 0.717) is 0 Å². The average molecular weight is 408 g/mol. The molecule has 1 heterocycles. The lowest BCUT2D eigenvalue weighted by Gasteiger charge is -2.45. The predicted octanol–water partition coefficient (Wildman–Crippen LogP) is 5.64. The molecule has 3 nitrogen and oxygen atoms in total. The third-order valence-corrected chi connectivity index (χ3v) is 6.99. The summed E-state index contributed by atoms with van der Waals surface area (Å²) in [5.74, 6) is -1.03. The van der Waals surface area contributed by atoms with Gasteiger partial charge < -0.3 is 4.98 Å². The first kappa shape index (κ1) is 19.5. The molecule has 154 valence electrons. The Kier molecular flexibility index (Phi) is 4.44. The van der Waals surface area contributed by atoms with Gasteiger partial charge in [-0.05, 0) is 43.5 Å². The van der Waals surface area contributed by atoms with Gasteiger partial charge in [-0.15, -0.1) is 0 Å². The van der Waals surface area contributed by atoms with E-state index in [0.717, 1.165) is 38.9 Å². The number of carbonyl (C=O) groups is 2. The van der Waals surface area contributed by atoms with E-state index >= 15 is 0 Å². The second-order valence-electron chi connectivity index (χ2n) is 8.79. The van der Waals surface area contributed by atoms with Crippen LogP contribution in [0.3, 0.4) is 0 Å². The molecular formula is C28H25NO2. The number of fused-ring (bicyclic) bond motifs is 1. The molecule has 1 aromatic heterocycles.